The quantitative estimate of drug-likeness (QED) is 0.816. The normalized spacial score (nSPS) is 10.1. The molecule has 16 heavy (non-hydrogen) atoms. The molecule has 80 valence electrons. The van der Waals surface area contributed by atoms with Crippen LogP contribution in [0.25, 0.3) is 10.9 Å². The molecule has 0 aliphatic heterocycles. The molecule has 0 fully saturated rings. The van der Waals surface area contributed by atoms with Crippen LogP contribution in [0.4, 0.5) is 0 Å². The van der Waals surface area contributed by atoms with Crippen LogP contribution in [0, 0.1) is 11.3 Å². The van der Waals surface area contributed by atoms with Crippen molar-refractivity contribution in [2.45, 2.75) is 0 Å². The highest BCUT2D eigenvalue weighted by Crippen LogP contribution is 2.26. The maximum Gasteiger partial charge on any atom is 0.354 e. The first-order valence-electron chi connectivity index (χ1n) is 4.46. The summed E-state index contributed by atoms with van der Waals surface area (Å²) in [6.07, 6.45) is 0. The topological polar surface area (TPSA) is 65.9 Å². The highest BCUT2D eigenvalue weighted by Gasteiger charge is 2.11. The summed E-state index contributed by atoms with van der Waals surface area (Å²) in [7, 11) is 1.32. The molecule has 1 aromatic carbocycles. The predicted octanol–water partition coefficient (Wildman–Crippen LogP) is 2.59. The van der Waals surface area contributed by atoms with Crippen LogP contribution >= 0.6 is 15.9 Å². The lowest BCUT2D eigenvalue weighted by atomic mass is 10.2. The highest BCUT2D eigenvalue weighted by atomic mass is 79.9. The number of aromatic amines is 1. The largest absolute Gasteiger partial charge is 0.464 e. The lowest BCUT2D eigenvalue weighted by Gasteiger charge is -1.95. The summed E-state index contributed by atoms with van der Waals surface area (Å²) >= 11 is 3.34. The van der Waals surface area contributed by atoms with E-state index in [0.717, 1.165) is 15.4 Å². The van der Waals surface area contributed by atoms with Crippen molar-refractivity contribution in [1.82, 2.24) is 4.98 Å². The Labute approximate surface area is 100.0 Å². The molecule has 0 saturated heterocycles. The summed E-state index contributed by atoms with van der Waals surface area (Å²) in [4.78, 5) is 14.3. The number of hydrogen-bond acceptors (Lipinski definition) is 3. The Morgan fingerprint density at radius 1 is 1.50 bits per heavy atom. The van der Waals surface area contributed by atoms with Crippen LogP contribution in [-0.4, -0.2) is 18.1 Å². The van der Waals surface area contributed by atoms with Gasteiger partial charge in [-0.1, -0.05) is 0 Å². The molecular formula is C11H7BrN2O2. The minimum absolute atomic E-state index is 0.369. The fraction of sp³-hybridized carbons (Fsp3) is 0.0909. The molecule has 0 bridgehead atoms. The van der Waals surface area contributed by atoms with Crippen molar-refractivity contribution in [3.8, 4) is 6.07 Å². The summed E-state index contributed by atoms with van der Waals surface area (Å²) in [6.45, 7) is 0. The molecular weight excluding hydrogens is 272 g/mol. The van der Waals surface area contributed by atoms with Gasteiger partial charge in [0.15, 0.2) is 0 Å². The average molecular weight is 279 g/mol. The fourth-order valence-electron chi connectivity index (χ4n) is 1.48. The third-order valence-electron chi connectivity index (χ3n) is 2.21. The number of fused-ring (bicyclic) bond motifs is 1. The lowest BCUT2D eigenvalue weighted by Crippen LogP contribution is -2.00. The van der Waals surface area contributed by atoms with Crippen LogP contribution in [0.5, 0.6) is 0 Å². The standard InChI is InChI=1S/C11H7BrN2O2/c1-16-11(15)9-4-7-2-6(5-13)3-8(12)10(7)14-9/h2-4,14H,1H3. The maximum atomic E-state index is 11.3. The summed E-state index contributed by atoms with van der Waals surface area (Å²) in [6, 6.07) is 7.12. The summed E-state index contributed by atoms with van der Waals surface area (Å²) in [5, 5.41) is 9.61. The Morgan fingerprint density at radius 3 is 2.88 bits per heavy atom. The predicted molar refractivity (Wildman–Crippen MR) is 62.1 cm³/mol. The van der Waals surface area contributed by atoms with Gasteiger partial charge >= 0.3 is 5.97 Å². The van der Waals surface area contributed by atoms with Crippen LogP contribution in [0.3, 0.4) is 0 Å². The number of hydrogen-bond donors (Lipinski definition) is 1. The maximum absolute atomic E-state index is 11.3. The Morgan fingerprint density at radius 2 is 2.25 bits per heavy atom. The number of halogens is 1. The molecule has 2 aromatic rings. The van der Waals surface area contributed by atoms with Gasteiger partial charge in [-0.25, -0.2) is 4.79 Å². The van der Waals surface area contributed by atoms with Gasteiger partial charge in [0.25, 0.3) is 0 Å². The van der Waals surface area contributed by atoms with Gasteiger partial charge in [0.2, 0.25) is 0 Å². The summed E-state index contributed by atoms with van der Waals surface area (Å²) in [5.74, 6) is -0.429. The number of nitrogens with zero attached hydrogens (tertiary/aromatic N) is 1. The van der Waals surface area contributed by atoms with Crippen LogP contribution in [0.1, 0.15) is 16.1 Å². The van der Waals surface area contributed by atoms with E-state index in [9.17, 15) is 4.79 Å². The van der Waals surface area contributed by atoms with Crippen molar-refractivity contribution >= 4 is 32.8 Å². The number of ether oxygens (including phenoxy) is 1. The van der Waals surface area contributed by atoms with Crippen molar-refractivity contribution in [2.75, 3.05) is 7.11 Å². The van der Waals surface area contributed by atoms with E-state index in [4.69, 9.17) is 5.26 Å². The molecule has 1 heterocycles. The summed E-state index contributed by atoms with van der Waals surface area (Å²) < 4.78 is 5.36. The van der Waals surface area contributed by atoms with E-state index >= 15 is 0 Å². The first kappa shape index (κ1) is 10.7. The van der Waals surface area contributed by atoms with E-state index in [1.807, 2.05) is 0 Å². The van der Waals surface area contributed by atoms with E-state index in [0.29, 0.717) is 11.3 Å². The van der Waals surface area contributed by atoms with Crippen molar-refractivity contribution in [2.24, 2.45) is 0 Å². The zero-order valence-electron chi connectivity index (χ0n) is 8.37. The van der Waals surface area contributed by atoms with Gasteiger partial charge in [-0.2, -0.15) is 5.26 Å². The zero-order chi connectivity index (χ0) is 11.7. The fourth-order valence-corrected chi connectivity index (χ4v) is 2.06. The molecule has 1 N–H and O–H groups in total. The molecule has 1 aromatic heterocycles. The third kappa shape index (κ3) is 1.68. The summed E-state index contributed by atoms with van der Waals surface area (Å²) in [5.41, 5.74) is 1.68. The number of nitriles is 1. The van der Waals surface area contributed by atoms with Gasteiger partial charge < -0.3 is 9.72 Å². The minimum atomic E-state index is -0.429. The first-order chi connectivity index (χ1) is 7.65. The Bertz CT molecular complexity index is 610. The minimum Gasteiger partial charge on any atom is -0.464 e. The van der Waals surface area contributed by atoms with Gasteiger partial charge in [-0.15, -0.1) is 0 Å². The van der Waals surface area contributed by atoms with E-state index in [2.05, 4.69) is 31.7 Å². The van der Waals surface area contributed by atoms with E-state index in [1.165, 1.54) is 7.11 Å². The van der Waals surface area contributed by atoms with Crippen LogP contribution < -0.4 is 0 Å². The van der Waals surface area contributed by atoms with Gasteiger partial charge in [0.05, 0.1) is 24.3 Å². The molecule has 0 atom stereocenters. The van der Waals surface area contributed by atoms with Crippen molar-refractivity contribution in [3.05, 3.63) is 33.9 Å². The third-order valence-corrected chi connectivity index (χ3v) is 2.84. The number of esters is 1. The van der Waals surface area contributed by atoms with Crippen molar-refractivity contribution in [3.63, 3.8) is 0 Å². The van der Waals surface area contributed by atoms with Crippen LogP contribution in [-0.2, 0) is 4.74 Å². The molecule has 0 unspecified atom stereocenters. The van der Waals surface area contributed by atoms with Gasteiger partial charge in [0.1, 0.15) is 5.69 Å². The van der Waals surface area contributed by atoms with Crippen LogP contribution in [0.2, 0.25) is 0 Å². The number of carbonyl (C=O) groups is 1. The van der Waals surface area contributed by atoms with Gasteiger partial charge in [0, 0.05) is 9.86 Å². The highest BCUT2D eigenvalue weighted by molar-refractivity contribution is 9.10. The Balaban J connectivity index is 2.67. The SMILES string of the molecule is COC(=O)c1cc2cc(C#N)cc(Br)c2[nH]1. The molecule has 0 aliphatic rings. The smallest absolute Gasteiger partial charge is 0.354 e. The number of rotatable bonds is 1. The lowest BCUT2D eigenvalue weighted by molar-refractivity contribution is 0.0595. The second-order valence-electron chi connectivity index (χ2n) is 3.21. The molecule has 5 heteroatoms. The number of nitrogens with one attached hydrogen (secondary N) is 1. The number of H-pyrrole nitrogens is 1. The van der Waals surface area contributed by atoms with Crippen molar-refractivity contribution in [1.29, 1.82) is 5.26 Å². The number of carbonyl (C=O) groups excluding carboxylic acids is 1. The zero-order valence-corrected chi connectivity index (χ0v) is 9.96. The van der Waals surface area contributed by atoms with Crippen LogP contribution in [0.15, 0.2) is 22.7 Å². The van der Waals surface area contributed by atoms with Gasteiger partial charge in [-0.3, -0.25) is 0 Å². The van der Waals surface area contributed by atoms with E-state index < -0.39 is 5.97 Å². The number of methoxy groups -OCH3 is 1. The molecule has 0 spiro atoms. The molecule has 0 radical (unpaired) electrons. The Kier molecular flexibility index (Phi) is 2.67. The monoisotopic (exact) mass is 278 g/mol. The first-order valence-corrected chi connectivity index (χ1v) is 5.25. The molecule has 0 aliphatic carbocycles. The molecule has 4 nitrogen and oxygen atoms in total. The molecule has 0 saturated carbocycles. The second-order valence-corrected chi connectivity index (χ2v) is 4.06. The van der Waals surface area contributed by atoms with E-state index in [-0.39, 0.29) is 0 Å². The van der Waals surface area contributed by atoms with E-state index in [1.54, 1.807) is 18.2 Å². The molecule has 0 amide bonds. The Hall–Kier alpha value is -1.80. The number of benzene rings is 1. The number of aromatic nitrogens is 1. The second kappa shape index (κ2) is 3.99. The average Bonchev–Trinajstić information content (AvgIpc) is 2.72. The molecule has 2 rings (SSSR count). The van der Waals surface area contributed by atoms with Crippen molar-refractivity contribution < 1.29 is 9.53 Å². The van der Waals surface area contributed by atoms with Gasteiger partial charge in [-0.05, 0) is 34.1 Å².